The van der Waals surface area contributed by atoms with E-state index in [1.54, 1.807) is 19.5 Å². The van der Waals surface area contributed by atoms with Gasteiger partial charge in [0.25, 0.3) is 0 Å². The third-order valence-electron chi connectivity index (χ3n) is 4.95. The van der Waals surface area contributed by atoms with Crippen LogP contribution in [0, 0.1) is 0 Å². The SMILES string of the molecule is COc1ccc(-c2cnc(Nc3ccc(OCCN(CCO)C(C)C)cc3)nc2)cc1. The third-order valence-corrected chi connectivity index (χ3v) is 4.95. The highest BCUT2D eigenvalue weighted by molar-refractivity contribution is 5.63. The number of anilines is 2. The molecule has 0 aliphatic carbocycles. The van der Waals surface area contributed by atoms with Gasteiger partial charge >= 0.3 is 0 Å². The summed E-state index contributed by atoms with van der Waals surface area (Å²) in [6.07, 6.45) is 3.59. The van der Waals surface area contributed by atoms with Gasteiger partial charge in [0.1, 0.15) is 18.1 Å². The number of aliphatic hydroxyl groups is 1. The summed E-state index contributed by atoms with van der Waals surface area (Å²) in [5.41, 5.74) is 2.85. The minimum atomic E-state index is 0.154. The molecule has 0 saturated heterocycles. The second-order valence-electron chi connectivity index (χ2n) is 7.38. The first kappa shape index (κ1) is 22.5. The molecule has 2 N–H and O–H groups in total. The van der Waals surface area contributed by atoms with Crippen molar-refractivity contribution in [1.82, 2.24) is 14.9 Å². The van der Waals surface area contributed by atoms with Crippen LogP contribution in [-0.2, 0) is 0 Å². The molecule has 1 aromatic heterocycles. The van der Waals surface area contributed by atoms with Gasteiger partial charge in [0.15, 0.2) is 0 Å². The summed E-state index contributed by atoms with van der Waals surface area (Å²) in [5.74, 6) is 2.15. The fourth-order valence-electron chi connectivity index (χ4n) is 3.13. The lowest BCUT2D eigenvalue weighted by Crippen LogP contribution is -2.36. The molecule has 164 valence electrons. The van der Waals surface area contributed by atoms with Crippen molar-refractivity contribution in [2.75, 3.05) is 38.7 Å². The van der Waals surface area contributed by atoms with Crippen molar-refractivity contribution >= 4 is 11.6 Å². The van der Waals surface area contributed by atoms with Gasteiger partial charge in [0, 0.05) is 42.8 Å². The van der Waals surface area contributed by atoms with Crippen molar-refractivity contribution in [2.24, 2.45) is 0 Å². The minimum absolute atomic E-state index is 0.154. The van der Waals surface area contributed by atoms with Crippen LogP contribution >= 0.6 is 0 Å². The minimum Gasteiger partial charge on any atom is -0.497 e. The van der Waals surface area contributed by atoms with Gasteiger partial charge in [-0.1, -0.05) is 12.1 Å². The Balaban J connectivity index is 1.52. The van der Waals surface area contributed by atoms with Crippen LogP contribution in [0.25, 0.3) is 11.1 Å². The summed E-state index contributed by atoms with van der Waals surface area (Å²) in [5, 5.41) is 12.3. The molecular formula is C24H30N4O3. The summed E-state index contributed by atoms with van der Waals surface area (Å²) in [6, 6.07) is 15.9. The Kier molecular flexibility index (Phi) is 8.20. The predicted molar refractivity (Wildman–Crippen MR) is 123 cm³/mol. The molecule has 0 bridgehead atoms. The lowest BCUT2D eigenvalue weighted by atomic mass is 10.1. The molecule has 0 amide bonds. The van der Waals surface area contributed by atoms with Crippen molar-refractivity contribution in [2.45, 2.75) is 19.9 Å². The van der Waals surface area contributed by atoms with Crippen LogP contribution in [0.5, 0.6) is 11.5 Å². The van der Waals surface area contributed by atoms with Crippen molar-refractivity contribution in [3.63, 3.8) is 0 Å². The van der Waals surface area contributed by atoms with Crippen LogP contribution in [0.2, 0.25) is 0 Å². The Bertz CT molecular complexity index is 913. The monoisotopic (exact) mass is 422 g/mol. The molecule has 2 aromatic carbocycles. The molecule has 0 radical (unpaired) electrons. The topological polar surface area (TPSA) is 79.7 Å². The number of hydrogen-bond acceptors (Lipinski definition) is 7. The predicted octanol–water partition coefficient (Wildman–Crippen LogP) is 3.98. The van der Waals surface area contributed by atoms with Gasteiger partial charge in [-0.15, -0.1) is 0 Å². The maximum Gasteiger partial charge on any atom is 0.227 e. The first-order chi connectivity index (χ1) is 15.1. The molecule has 3 aromatic rings. The highest BCUT2D eigenvalue weighted by Gasteiger charge is 2.08. The molecule has 0 saturated carbocycles. The number of ether oxygens (including phenoxy) is 2. The van der Waals surface area contributed by atoms with E-state index in [4.69, 9.17) is 14.6 Å². The molecule has 0 fully saturated rings. The van der Waals surface area contributed by atoms with Crippen LogP contribution < -0.4 is 14.8 Å². The average molecular weight is 423 g/mol. The van der Waals surface area contributed by atoms with Crippen LogP contribution in [0.1, 0.15) is 13.8 Å². The molecule has 31 heavy (non-hydrogen) atoms. The Morgan fingerprint density at radius 2 is 1.55 bits per heavy atom. The summed E-state index contributed by atoms with van der Waals surface area (Å²) in [4.78, 5) is 11.0. The lowest BCUT2D eigenvalue weighted by Gasteiger charge is -2.25. The van der Waals surface area contributed by atoms with Crippen molar-refractivity contribution < 1.29 is 14.6 Å². The van der Waals surface area contributed by atoms with E-state index in [-0.39, 0.29) is 6.61 Å². The first-order valence-electron chi connectivity index (χ1n) is 10.4. The largest absolute Gasteiger partial charge is 0.497 e. The Hall–Kier alpha value is -3.16. The number of rotatable bonds is 11. The zero-order valence-electron chi connectivity index (χ0n) is 18.3. The average Bonchev–Trinajstić information content (AvgIpc) is 2.80. The summed E-state index contributed by atoms with van der Waals surface area (Å²) < 4.78 is 11.0. The zero-order chi connectivity index (χ0) is 22.1. The van der Waals surface area contributed by atoms with Crippen molar-refractivity contribution in [1.29, 1.82) is 0 Å². The number of benzene rings is 2. The smallest absolute Gasteiger partial charge is 0.227 e. The second kappa shape index (κ2) is 11.3. The Labute approximate surface area is 183 Å². The van der Waals surface area contributed by atoms with Crippen LogP contribution in [0.15, 0.2) is 60.9 Å². The molecule has 1 heterocycles. The van der Waals surface area contributed by atoms with E-state index in [1.165, 1.54) is 0 Å². The van der Waals surface area contributed by atoms with E-state index >= 15 is 0 Å². The molecule has 0 aliphatic rings. The van der Waals surface area contributed by atoms with Gasteiger partial charge in [0.05, 0.1) is 13.7 Å². The quantitative estimate of drug-likeness (QED) is 0.484. The Morgan fingerprint density at radius 3 is 2.13 bits per heavy atom. The molecule has 0 aliphatic heterocycles. The Morgan fingerprint density at radius 1 is 0.903 bits per heavy atom. The zero-order valence-corrected chi connectivity index (χ0v) is 18.3. The molecule has 0 unspecified atom stereocenters. The van der Waals surface area contributed by atoms with Crippen LogP contribution in [-0.4, -0.2) is 59.4 Å². The van der Waals surface area contributed by atoms with Gasteiger partial charge in [0.2, 0.25) is 5.95 Å². The van der Waals surface area contributed by atoms with E-state index in [9.17, 15) is 0 Å². The van der Waals surface area contributed by atoms with Crippen LogP contribution in [0.3, 0.4) is 0 Å². The number of hydrogen-bond donors (Lipinski definition) is 2. The lowest BCUT2D eigenvalue weighted by molar-refractivity contribution is 0.141. The maximum absolute atomic E-state index is 9.14. The van der Waals surface area contributed by atoms with Gasteiger partial charge in [-0.05, 0) is 55.8 Å². The number of nitrogens with zero attached hydrogens (tertiary/aromatic N) is 3. The normalized spacial score (nSPS) is 11.0. The fraction of sp³-hybridized carbons (Fsp3) is 0.333. The van der Waals surface area contributed by atoms with E-state index < -0.39 is 0 Å². The maximum atomic E-state index is 9.14. The second-order valence-corrected chi connectivity index (χ2v) is 7.38. The number of aromatic nitrogens is 2. The van der Waals surface area contributed by atoms with Gasteiger partial charge < -0.3 is 19.9 Å². The van der Waals surface area contributed by atoms with Crippen molar-refractivity contribution in [3.8, 4) is 22.6 Å². The van der Waals surface area contributed by atoms with Gasteiger partial charge in [-0.3, -0.25) is 4.90 Å². The highest BCUT2D eigenvalue weighted by atomic mass is 16.5. The standard InChI is InChI=1S/C24H30N4O3/c1-18(2)28(12-14-29)13-15-31-23-10-6-21(7-11-23)27-24-25-16-20(17-26-24)19-4-8-22(30-3)9-5-19/h4-11,16-18,29H,12-15H2,1-3H3,(H,25,26,27). The molecule has 7 nitrogen and oxygen atoms in total. The van der Waals surface area contributed by atoms with Crippen molar-refractivity contribution in [3.05, 3.63) is 60.9 Å². The highest BCUT2D eigenvalue weighted by Crippen LogP contribution is 2.23. The van der Waals surface area contributed by atoms with E-state index in [0.29, 0.717) is 25.1 Å². The van der Waals surface area contributed by atoms with Gasteiger partial charge in [-0.25, -0.2) is 9.97 Å². The summed E-state index contributed by atoms with van der Waals surface area (Å²) >= 11 is 0. The van der Waals surface area contributed by atoms with E-state index in [0.717, 1.165) is 34.9 Å². The molecule has 3 rings (SSSR count). The molecule has 0 spiro atoms. The molecular weight excluding hydrogens is 392 g/mol. The first-order valence-corrected chi connectivity index (χ1v) is 10.4. The molecule has 0 atom stereocenters. The number of methoxy groups -OCH3 is 1. The van der Waals surface area contributed by atoms with Crippen LogP contribution in [0.4, 0.5) is 11.6 Å². The molecule has 7 heteroatoms. The number of aliphatic hydroxyl groups excluding tert-OH is 1. The number of nitrogens with one attached hydrogen (secondary N) is 1. The fourth-order valence-corrected chi connectivity index (χ4v) is 3.13. The summed E-state index contributed by atoms with van der Waals surface area (Å²) in [7, 11) is 1.65. The van der Waals surface area contributed by atoms with E-state index in [1.807, 2.05) is 48.5 Å². The van der Waals surface area contributed by atoms with E-state index in [2.05, 4.69) is 34.0 Å². The third kappa shape index (κ3) is 6.67. The van der Waals surface area contributed by atoms with Gasteiger partial charge in [-0.2, -0.15) is 0 Å². The summed E-state index contributed by atoms with van der Waals surface area (Å²) in [6.45, 7) is 6.37.